The van der Waals surface area contributed by atoms with Crippen LogP contribution in [-0.4, -0.2) is 30.2 Å². The summed E-state index contributed by atoms with van der Waals surface area (Å²) in [7, 11) is 3.41. The van der Waals surface area contributed by atoms with Crippen LogP contribution in [0.15, 0.2) is 29.4 Å². The molecule has 15 heavy (non-hydrogen) atoms. The standard InChI is InChI=1S/C10H14N2O2S/c1-8(10(13)11(2)3)15-9-6-4-5-7-12(9)14/h4-8H,1-3H3. The van der Waals surface area contributed by atoms with E-state index < -0.39 is 0 Å². The third-order valence-electron chi connectivity index (χ3n) is 1.87. The number of carbonyl (C=O) groups excluding carboxylic acids is 1. The van der Waals surface area contributed by atoms with E-state index in [4.69, 9.17) is 0 Å². The van der Waals surface area contributed by atoms with Crippen molar-refractivity contribution in [1.29, 1.82) is 0 Å². The van der Waals surface area contributed by atoms with Crippen LogP contribution in [0, 0.1) is 5.21 Å². The maximum atomic E-state index is 11.6. The Balaban J connectivity index is 2.71. The van der Waals surface area contributed by atoms with E-state index in [0.717, 1.165) is 4.73 Å². The molecule has 0 saturated heterocycles. The molecule has 1 aromatic heterocycles. The molecule has 0 aromatic carbocycles. The molecule has 1 unspecified atom stereocenters. The summed E-state index contributed by atoms with van der Waals surface area (Å²) in [5.41, 5.74) is 0. The summed E-state index contributed by atoms with van der Waals surface area (Å²) < 4.78 is 0.768. The van der Waals surface area contributed by atoms with E-state index in [1.807, 2.05) is 0 Å². The lowest BCUT2D eigenvalue weighted by atomic mass is 10.4. The first-order valence-corrected chi connectivity index (χ1v) is 5.46. The van der Waals surface area contributed by atoms with Gasteiger partial charge in [0, 0.05) is 26.2 Å². The molecule has 82 valence electrons. The van der Waals surface area contributed by atoms with Crippen molar-refractivity contribution in [3.63, 3.8) is 0 Å². The predicted molar refractivity (Wildman–Crippen MR) is 59.4 cm³/mol. The number of amides is 1. The van der Waals surface area contributed by atoms with Crippen molar-refractivity contribution in [3.8, 4) is 0 Å². The highest BCUT2D eigenvalue weighted by molar-refractivity contribution is 8.00. The molecule has 0 aliphatic rings. The third kappa shape index (κ3) is 3.13. The molecule has 0 bridgehead atoms. The van der Waals surface area contributed by atoms with Crippen molar-refractivity contribution in [2.24, 2.45) is 0 Å². The molecule has 0 spiro atoms. The van der Waals surface area contributed by atoms with Gasteiger partial charge in [0.15, 0.2) is 6.20 Å². The van der Waals surface area contributed by atoms with E-state index in [0.29, 0.717) is 5.03 Å². The summed E-state index contributed by atoms with van der Waals surface area (Å²) in [6.07, 6.45) is 1.43. The van der Waals surface area contributed by atoms with Crippen LogP contribution >= 0.6 is 11.8 Å². The summed E-state index contributed by atoms with van der Waals surface area (Å²) in [5.74, 6) is 0.00357. The third-order valence-corrected chi connectivity index (χ3v) is 2.99. The maximum Gasteiger partial charge on any atom is 0.252 e. The smallest absolute Gasteiger partial charge is 0.252 e. The fourth-order valence-electron chi connectivity index (χ4n) is 1.10. The first-order chi connectivity index (χ1) is 7.02. The van der Waals surface area contributed by atoms with E-state index in [9.17, 15) is 10.0 Å². The molecule has 4 nitrogen and oxygen atoms in total. The number of carbonyl (C=O) groups is 1. The zero-order valence-electron chi connectivity index (χ0n) is 9.01. The van der Waals surface area contributed by atoms with Crippen LogP contribution in [0.3, 0.4) is 0 Å². The second-order valence-electron chi connectivity index (χ2n) is 3.36. The van der Waals surface area contributed by atoms with Gasteiger partial charge >= 0.3 is 0 Å². The quantitative estimate of drug-likeness (QED) is 0.437. The summed E-state index contributed by atoms with van der Waals surface area (Å²) >= 11 is 1.27. The second kappa shape index (κ2) is 5.02. The average molecular weight is 226 g/mol. The predicted octanol–water partition coefficient (Wildman–Crippen LogP) is 0.889. The van der Waals surface area contributed by atoms with Gasteiger partial charge in [-0.05, 0) is 24.8 Å². The van der Waals surface area contributed by atoms with Crippen LogP contribution < -0.4 is 4.73 Å². The number of aromatic nitrogens is 1. The molecule has 0 aliphatic heterocycles. The number of nitrogens with zero attached hydrogens (tertiary/aromatic N) is 2. The van der Waals surface area contributed by atoms with Gasteiger partial charge in [-0.15, -0.1) is 0 Å². The van der Waals surface area contributed by atoms with Gasteiger partial charge < -0.3 is 10.1 Å². The lowest BCUT2D eigenvalue weighted by Gasteiger charge is -2.15. The molecule has 1 rings (SSSR count). The highest BCUT2D eigenvalue weighted by atomic mass is 32.2. The Kier molecular flexibility index (Phi) is 3.96. The van der Waals surface area contributed by atoms with Crippen molar-refractivity contribution in [3.05, 3.63) is 29.6 Å². The van der Waals surface area contributed by atoms with Crippen molar-refractivity contribution >= 4 is 17.7 Å². The van der Waals surface area contributed by atoms with Gasteiger partial charge in [-0.2, -0.15) is 4.73 Å². The minimum atomic E-state index is -0.248. The molecular formula is C10H14N2O2S. The highest BCUT2D eigenvalue weighted by Crippen LogP contribution is 2.20. The Bertz CT molecular complexity index is 355. The van der Waals surface area contributed by atoms with E-state index in [1.165, 1.54) is 22.9 Å². The first-order valence-electron chi connectivity index (χ1n) is 4.58. The fraction of sp³-hybridized carbons (Fsp3) is 0.400. The summed E-state index contributed by atoms with van der Waals surface area (Å²) in [4.78, 5) is 13.1. The zero-order chi connectivity index (χ0) is 11.4. The van der Waals surface area contributed by atoms with Gasteiger partial charge in [-0.25, -0.2) is 0 Å². The lowest BCUT2D eigenvalue weighted by Crippen LogP contribution is -2.33. The van der Waals surface area contributed by atoms with Crippen molar-refractivity contribution < 1.29 is 9.52 Å². The van der Waals surface area contributed by atoms with E-state index in [1.54, 1.807) is 39.2 Å². The van der Waals surface area contributed by atoms with Crippen LogP contribution in [0.25, 0.3) is 0 Å². The Morgan fingerprint density at radius 3 is 2.73 bits per heavy atom. The Morgan fingerprint density at radius 2 is 2.20 bits per heavy atom. The molecule has 0 saturated carbocycles. The molecule has 5 heteroatoms. The number of hydrogen-bond acceptors (Lipinski definition) is 3. The molecule has 0 fully saturated rings. The van der Waals surface area contributed by atoms with E-state index in [2.05, 4.69) is 0 Å². The number of hydrogen-bond donors (Lipinski definition) is 0. The molecule has 0 radical (unpaired) electrons. The fourth-order valence-corrected chi connectivity index (χ4v) is 2.09. The summed E-state index contributed by atoms with van der Waals surface area (Å²) in [6, 6.07) is 5.15. The van der Waals surface area contributed by atoms with Gasteiger partial charge in [-0.3, -0.25) is 4.79 Å². The Hall–Kier alpha value is -1.23. The largest absolute Gasteiger partial charge is 0.618 e. The number of rotatable bonds is 3. The topological polar surface area (TPSA) is 47.2 Å². The van der Waals surface area contributed by atoms with Crippen molar-refractivity contribution in [2.45, 2.75) is 17.2 Å². The monoisotopic (exact) mass is 226 g/mol. The van der Waals surface area contributed by atoms with E-state index >= 15 is 0 Å². The van der Waals surface area contributed by atoms with Crippen LogP contribution in [0.5, 0.6) is 0 Å². The SMILES string of the molecule is CC(Sc1cccc[n+]1[O-])C(=O)N(C)C. The van der Waals surface area contributed by atoms with Gasteiger partial charge in [-0.1, -0.05) is 0 Å². The second-order valence-corrected chi connectivity index (χ2v) is 4.72. The van der Waals surface area contributed by atoms with Gasteiger partial charge in [0.25, 0.3) is 5.03 Å². The molecule has 1 atom stereocenters. The van der Waals surface area contributed by atoms with Crippen LogP contribution in [0.2, 0.25) is 0 Å². The van der Waals surface area contributed by atoms with Crippen molar-refractivity contribution in [2.75, 3.05) is 14.1 Å². The van der Waals surface area contributed by atoms with Crippen molar-refractivity contribution in [1.82, 2.24) is 4.90 Å². The van der Waals surface area contributed by atoms with Gasteiger partial charge in [0.1, 0.15) is 0 Å². The normalized spacial score (nSPS) is 12.2. The molecular weight excluding hydrogens is 212 g/mol. The Labute approximate surface area is 93.5 Å². The van der Waals surface area contributed by atoms with E-state index in [-0.39, 0.29) is 11.2 Å². The number of pyridine rings is 1. The number of thioether (sulfide) groups is 1. The molecule has 1 aromatic rings. The van der Waals surface area contributed by atoms with Gasteiger partial charge in [0.2, 0.25) is 5.91 Å². The van der Waals surface area contributed by atoms with Crippen LogP contribution in [0.4, 0.5) is 0 Å². The Morgan fingerprint density at radius 1 is 1.53 bits per heavy atom. The molecule has 0 N–H and O–H groups in total. The molecule has 1 heterocycles. The van der Waals surface area contributed by atoms with Crippen LogP contribution in [0.1, 0.15) is 6.92 Å². The molecule has 1 amide bonds. The molecule has 0 aliphatic carbocycles. The van der Waals surface area contributed by atoms with Gasteiger partial charge in [0.05, 0.1) is 5.25 Å². The maximum absolute atomic E-state index is 11.6. The zero-order valence-corrected chi connectivity index (χ0v) is 9.82. The summed E-state index contributed by atoms with van der Waals surface area (Å²) in [5, 5.41) is 11.6. The minimum Gasteiger partial charge on any atom is -0.618 e. The van der Waals surface area contributed by atoms with Crippen LogP contribution in [-0.2, 0) is 4.79 Å². The minimum absolute atomic E-state index is 0.00357. The average Bonchev–Trinajstić information content (AvgIpc) is 2.20. The lowest BCUT2D eigenvalue weighted by molar-refractivity contribution is -0.645. The summed E-state index contributed by atoms with van der Waals surface area (Å²) in [6.45, 7) is 1.79. The first kappa shape index (κ1) is 11.8. The highest BCUT2D eigenvalue weighted by Gasteiger charge is 2.19.